The molecule has 1 atom stereocenters. The molecule has 30 heavy (non-hydrogen) atoms. The van der Waals surface area contributed by atoms with Crippen molar-refractivity contribution in [3.63, 3.8) is 0 Å². The van der Waals surface area contributed by atoms with Gasteiger partial charge in [0.1, 0.15) is 0 Å². The highest BCUT2D eigenvalue weighted by molar-refractivity contribution is 5.12. The lowest BCUT2D eigenvalue weighted by atomic mass is 9.83. The number of hydrogen-bond acceptors (Lipinski definition) is 4. The first-order valence-corrected chi connectivity index (χ1v) is 10.8. The average molecular weight is 422 g/mol. The minimum Gasteiger partial charge on any atom is -0.375 e. The Morgan fingerprint density at radius 2 is 1.90 bits per heavy atom. The minimum atomic E-state index is -4.39. The summed E-state index contributed by atoms with van der Waals surface area (Å²) < 4.78 is 42.3. The fraction of sp³-hybridized carbons (Fsp3) is 0.609. The van der Waals surface area contributed by atoms with Crippen molar-refractivity contribution >= 4 is 0 Å². The van der Waals surface area contributed by atoms with Crippen molar-refractivity contribution in [1.29, 1.82) is 0 Å². The number of alkyl halides is 3. The van der Waals surface area contributed by atoms with Crippen molar-refractivity contribution in [3.05, 3.63) is 53.9 Å². The predicted molar refractivity (Wildman–Crippen MR) is 109 cm³/mol. The monoisotopic (exact) mass is 421 g/mol. The van der Waals surface area contributed by atoms with Crippen LogP contribution in [-0.2, 0) is 17.3 Å². The van der Waals surface area contributed by atoms with Crippen LogP contribution in [0.1, 0.15) is 81.3 Å². The molecule has 3 heterocycles. The van der Waals surface area contributed by atoms with Crippen molar-refractivity contribution in [2.75, 3.05) is 6.61 Å². The van der Waals surface area contributed by atoms with Crippen LogP contribution in [-0.4, -0.2) is 27.2 Å². The molecule has 1 spiro atoms. The maximum atomic E-state index is 12.1. The summed E-state index contributed by atoms with van der Waals surface area (Å²) in [6, 6.07) is 6.26. The van der Waals surface area contributed by atoms with Crippen LogP contribution in [0.5, 0.6) is 0 Å². The van der Waals surface area contributed by atoms with Crippen molar-refractivity contribution in [1.82, 2.24) is 15.0 Å². The predicted octanol–water partition coefficient (Wildman–Crippen LogP) is 6.13. The zero-order valence-corrected chi connectivity index (χ0v) is 17.5. The van der Waals surface area contributed by atoms with Gasteiger partial charge in [0.15, 0.2) is 5.69 Å². The third kappa shape index (κ3) is 6.24. The molecule has 0 radical (unpaired) electrons. The Bertz CT molecular complexity index is 760. The number of aryl methyl sites for hydroxylation is 1. The fourth-order valence-electron chi connectivity index (χ4n) is 4.25. The molecule has 2 aromatic rings. The number of aromatic nitrogens is 3. The van der Waals surface area contributed by atoms with Crippen molar-refractivity contribution in [2.24, 2.45) is 0 Å². The van der Waals surface area contributed by atoms with Gasteiger partial charge in [-0.05, 0) is 50.7 Å². The van der Waals surface area contributed by atoms with Crippen LogP contribution in [0.25, 0.3) is 0 Å². The Labute approximate surface area is 176 Å². The molecule has 1 aliphatic heterocycles. The summed E-state index contributed by atoms with van der Waals surface area (Å²) in [5.41, 5.74) is 1.15. The lowest BCUT2D eigenvalue weighted by Gasteiger charge is -2.38. The average Bonchev–Trinajstić information content (AvgIpc) is 3.20. The van der Waals surface area contributed by atoms with Crippen LogP contribution in [0, 0.1) is 0 Å². The molecule has 164 valence electrons. The Hall–Kier alpha value is -2.02. The summed E-state index contributed by atoms with van der Waals surface area (Å²) in [7, 11) is 0. The molecule has 4 rings (SSSR count). The van der Waals surface area contributed by atoms with Crippen LogP contribution >= 0.6 is 0 Å². The number of halogens is 3. The smallest absolute Gasteiger partial charge is 0.375 e. The Kier molecular flexibility index (Phi) is 7.81. The van der Waals surface area contributed by atoms with Crippen LogP contribution in [0.15, 0.2) is 36.8 Å². The van der Waals surface area contributed by atoms with E-state index in [4.69, 9.17) is 4.74 Å². The van der Waals surface area contributed by atoms with E-state index in [1.807, 2.05) is 19.2 Å². The SMILES string of the molecule is CCCCc1cnc(C(F)(F)F)cn1.c1ccc([C@@H]2CCOC3(CCCC3)C2)nc1. The van der Waals surface area contributed by atoms with Crippen LogP contribution in [0.4, 0.5) is 13.2 Å². The molecule has 1 saturated heterocycles. The molecular formula is C23H30F3N3O. The van der Waals surface area contributed by atoms with Gasteiger partial charge in [0.2, 0.25) is 0 Å². The van der Waals surface area contributed by atoms with E-state index in [1.54, 1.807) is 0 Å². The van der Waals surface area contributed by atoms with Gasteiger partial charge in [-0.2, -0.15) is 13.2 Å². The molecular weight excluding hydrogens is 391 g/mol. The summed E-state index contributed by atoms with van der Waals surface area (Å²) in [4.78, 5) is 11.5. The lowest BCUT2D eigenvalue weighted by Crippen LogP contribution is -2.36. The largest absolute Gasteiger partial charge is 0.434 e. The summed E-state index contributed by atoms with van der Waals surface area (Å²) in [6.07, 6.45) is 9.61. The van der Waals surface area contributed by atoms with Gasteiger partial charge >= 0.3 is 6.18 Å². The zero-order valence-electron chi connectivity index (χ0n) is 17.5. The first-order chi connectivity index (χ1) is 14.4. The van der Waals surface area contributed by atoms with Crippen molar-refractivity contribution in [3.8, 4) is 0 Å². The molecule has 2 aromatic heterocycles. The van der Waals surface area contributed by atoms with Crippen LogP contribution < -0.4 is 0 Å². The fourth-order valence-corrected chi connectivity index (χ4v) is 4.25. The zero-order chi connectivity index (χ0) is 21.5. The summed E-state index contributed by atoms with van der Waals surface area (Å²) in [5, 5.41) is 0. The number of pyridine rings is 1. The summed E-state index contributed by atoms with van der Waals surface area (Å²) in [6.45, 7) is 2.93. The van der Waals surface area contributed by atoms with E-state index in [0.717, 1.165) is 32.1 Å². The van der Waals surface area contributed by atoms with E-state index in [1.165, 1.54) is 44.0 Å². The normalized spacial score (nSPS) is 20.6. The molecule has 2 fully saturated rings. The summed E-state index contributed by atoms with van der Waals surface area (Å²) in [5.74, 6) is 0.619. The van der Waals surface area contributed by atoms with Gasteiger partial charge in [-0.3, -0.25) is 9.97 Å². The molecule has 1 saturated carbocycles. The van der Waals surface area contributed by atoms with Gasteiger partial charge < -0.3 is 4.74 Å². The number of nitrogens with zero attached hydrogens (tertiary/aromatic N) is 3. The third-order valence-corrected chi connectivity index (χ3v) is 5.90. The van der Waals surface area contributed by atoms with Crippen molar-refractivity contribution < 1.29 is 17.9 Å². The number of unbranched alkanes of at least 4 members (excludes halogenated alkanes) is 1. The first kappa shape index (κ1) is 22.7. The molecule has 0 unspecified atom stereocenters. The van der Waals surface area contributed by atoms with Gasteiger partial charge in [-0.15, -0.1) is 0 Å². The molecule has 4 nitrogen and oxygen atoms in total. The van der Waals surface area contributed by atoms with Crippen molar-refractivity contribution in [2.45, 2.75) is 82.4 Å². The Morgan fingerprint density at radius 3 is 2.50 bits per heavy atom. The molecule has 2 aliphatic rings. The second-order valence-corrected chi connectivity index (χ2v) is 8.18. The maximum Gasteiger partial charge on any atom is 0.434 e. The van der Waals surface area contributed by atoms with E-state index in [0.29, 0.717) is 18.0 Å². The van der Waals surface area contributed by atoms with Crippen LogP contribution in [0.2, 0.25) is 0 Å². The molecule has 0 aromatic carbocycles. The third-order valence-electron chi connectivity index (χ3n) is 5.90. The first-order valence-electron chi connectivity index (χ1n) is 10.8. The highest BCUT2D eigenvalue weighted by Crippen LogP contribution is 2.44. The Morgan fingerprint density at radius 1 is 1.10 bits per heavy atom. The van der Waals surface area contributed by atoms with Gasteiger partial charge in [0, 0.05) is 30.6 Å². The molecule has 0 amide bonds. The molecule has 0 bridgehead atoms. The molecule has 7 heteroatoms. The Balaban J connectivity index is 0.000000173. The lowest BCUT2D eigenvalue weighted by molar-refractivity contribution is -0.141. The van der Waals surface area contributed by atoms with E-state index >= 15 is 0 Å². The van der Waals surface area contributed by atoms with Gasteiger partial charge in [0.05, 0.1) is 17.5 Å². The number of hydrogen-bond donors (Lipinski definition) is 0. The van der Waals surface area contributed by atoms with Gasteiger partial charge in [-0.1, -0.05) is 32.3 Å². The number of rotatable bonds is 4. The van der Waals surface area contributed by atoms with E-state index in [9.17, 15) is 13.2 Å². The van der Waals surface area contributed by atoms with Gasteiger partial charge in [0.25, 0.3) is 0 Å². The molecule has 1 aliphatic carbocycles. The standard InChI is InChI=1S/C14H19NO.C9H11F3N2/c1-4-9-15-13(5-1)12-6-10-16-14(11-12)7-2-3-8-14;1-2-3-4-7-5-14-8(6-13-7)9(10,11)12/h1,4-5,9,12H,2-3,6-8,10-11H2;5-6H,2-4H2,1H3/t12-;/m1./s1. The second kappa shape index (κ2) is 10.3. The maximum absolute atomic E-state index is 12.1. The minimum absolute atomic E-state index is 0.209. The highest BCUT2D eigenvalue weighted by atomic mass is 19.4. The second-order valence-electron chi connectivity index (χ2n) is 8.18. The van der Waals surface area contributed by atoms with E-state index in [-0.39, 0.29) is 5.60 Å². The van der Waals surface area contributed by atoms with Crippen LogP contribution in [0.3, 0.4) is 0 Å². The quantitative estimate of drug-likeness (QED) is 0.596. The van der Waals surface area contributed by atoms with E-state index < -0.39 is 11.9 Å². The van der Waals surface area contributed by atoms with Gasteiger partial charge in [-0.25, -0.2) is 4.98 Å². The number of ether oxygens (including phenoxy) is 1. The topological polar surface area (TPSA) is 47.9 Å². The highest BCUT2D eigenvalue weighted by Gasteiger charge is 2.40. The van der Waals surface area contributed by atoms with E-state index in [2.05, 4.69) is 27.1 Å². The summed E-state index contributed by atoms with van der Waals surface area (Å²) >= 11 is 0. The molecule has 0 N–H and O–H groups in total.